The molecule has 7 heteroatoms. The van der Waals surface area contributed by atoms with Gasteiger partial charge in [-0.3, -0.25) is 0 Å². The Labute approximate surface area is 110 Å². The summed E-state index contributed by atoms with van der Waals surface area (Å²) < 4.78 is 37.8. The molecule has 2 aromatic rings. The molecule has 1 atom stereocenters. The summed E-state index contributed by atoms with van der Waals surface area (Å²) in [5, 5.41) is 3.85. The molecule has 2 N–H and O–H groups in total. The molecular formula is C12H14FN3O2S. The summed E-state index contributed by atoms with van der Waals surface area (Å²) in [5.74, 6) is -0.502. The lowest BCUT2D eigenvalue weighted by Gasteiger charge is -2.08. The molecule has 0 radical (unpaired) electrons. The Morgan fingerprint density at radius 2 is 2.11 bits per heavy atom. The highest BCUT2D eigenvalue weighted by Gasteiger charge is 2.13. The van der Waals surface area contributed by atoms with Crippen molar-refractivity contribution in [1.82, 2.24) is 9.78 Å². The SMILES string of the molecule is C[C@@H](N)c1ccc(-n2cc(S(C)(=O)=O)cn2)c(F)c1. The van der Waals surface area contributed by atoms with Crippen molar-refractivity contribution in [3.05, 3.63) is 42.0 Å². The number of nitrogens with zero attached hydrogens (tertiary/aromatic N) is 2. The van der Waals surface area contributed by atoms with Crippen molar-refractivity contribution in [2.45, 2.75) is 17.9 Å². The van der Waals surface area contributed by atoms with Crippen LogP contribution in [0.1, 0.15) is 18.5 Å². The lowest BCUT2D eigenvalue weighted by Crippen LogP contribution is -2.07. The van der Waals surface area contributed by atoms with E-state index in [-0.39, 0.29) is 16.6 Å². The van der Waals surface area contributed by atoms with Gasteiger partial charge in [0.1, 0.15) is 16.4 Å². The van der Waals surface area contributed by atoms with Crippen LogP contribution < -0.4 is 5.73 Å². The first-order valence-corrected chi connectivity index (χ1v) is 7.48. The van der Waals surface area contributed by atoms with Gasteiger partial charge in [-0.25, -0.2) is 17.5 Å². The number of rotatable bonds is 3. The summed E-state index contributed by atoms with van der Waals surface area (Å²) in [6, 6.07) is 4.26. The van der Waals surface area contributed by atoms with Crippen molar-refractivity contribution >= 4 is 9.84 Å². The van der Waals surface area contributed by atoms with Gasteiger partial charge in [0.2, 0.25) is 0 Å². The van der Waals surface area contributed by atoms with E-state index < -0.39 is 15.7 Å². The van der Waals surface area contributed by atoms with Gasteiger partial charge in [-0.2, -0.15) is 5.10 Å². The van der Waals surface area contributed by atoms with Crippen LogP contribution in [0, 0.1) is 5.82 Å². The summed E-state index contributed by atoms with van der Waals surface area (Å²) >= 11 is 0. The first kappa shape index (κ1) is 13.7. The van der Waals surface area contributed by atoms with E-state index in [1.54, 1.807) is 13.0 Å². The van der Waals surface area contributed by atoms with Crippen LogP contribution in [0.15, 0.2) is 35.5 Å². The molecule has 0 aliphatic carbocycles. The summed E-state index contributed by atoms with van der Waals surface area (Å²) in [7, 11) is -3.35. The Hall–Kier alpha value is -1.73. The van der Waals surface area contributed by atoms with Crippen LogP contribution in [0.3, 0.4) is 0 Å². The molecule has 0 fully saturated rings. The smallest absolute Gasteiger partial charge is 0.178 e. The highest BCUT2D eigenvalue weighted by atomic mass is 32.2. The average molecular weight is 283 g/mol. The van der Waals surface area contributed by atoms with E-state index in [0.717, 1.165) is 6.26 Å². The van der Waals surface area contributed by atoms with E-state index in [9.17, 15) is 12.8 Å². The van der Waals surface area contributed by atoms with Crippen LogP contribution in [-0.4, -0.2) is 24.5 Å². The molecule has 0 amide bonds. The van der Waals surface area contributed by atoms with Gasteiger partial charge in [-0.05, 0) is 24.6 Å². The van der Waals surface area contributed by atoms with Gasteiger partial charge >= 0.3 is 0 Å². The second-order valence-corrected chi connectivity index (χ2v) is 6.41. The lowest BCUT2D eigenvalue weighted by atomic mass is 10.1. The van der Waals surface area contributed by atoms with E-state index in [2.05, 4.69) is 5.10 Å². The van der Waals surface area contributed by atoms with Crippen molar-refractivity contribution in [2.24, 2.45) is 5.73 Å². The predicted molar refractivity (Wildman–Crippen MR) is 69.2 cm³/mol. The van der Waals surface area contributed by atoms with Crippen molar-refractivity contribution in [2.75, 3.05) is 6.26 Å². The van der Waals surface area contributed by atoms with E-state index in [4.69, 9.17) is 5.73 Å². The molecule has 1 aromatic carbocycles. The lowest BCUT2D eigenvalue weighted by molar-refractivity contribution is 0.600. The van der Waals surface area contributed by atoms with Crippen LogP contribution >= 0.6 is 0 Å². The first-order chi connectivity index (χ1) is 8.79. The summed E-state index contributed by atoms with van der Waals surface area (Å²) in [6.07, 6.45) is 3.54. The minimum Gasteiger partial charge on any atom is -0.324 e. The fourth-order valence-electron chi connectivity index (χ4n) is 1.62. The summed E-state index contributed by atoms with van der Waals surface area (Å²) in [4.78, 5) is 0.0446. The minimum absolute atomic E-state index is 0.0446. The fraction of sp³-hybridized carbons (Fsp3) is 0.250. The van der Waals surface area contributed by atoms with E-state index in [1.165, 1.54) is 29.2 Å². The first-order valence-electron chi connectivity index (χ1n) is 5.59. The van der Waals surface area contributed by atoms with Gasteiger partial charge in [-0.1, -0.05) is 6.07 Å². The number of nitrogens with two attached hydrogens (primary N) is 1. The van der Waals surface area contributed by atoms with Gasteiger partial charge in [-0.15, -0.1) is 0 Å². The number of sulfone groups is 1. The Morgan fingerprint density at radius 1 is 1.42 bits per heavy atom. The topological polar surface area (TPSA) is 78.0 Å². The Bertz CT molecular complexity index is 708. The molecule has 19 heavy (non-hydrogen) atoms. The Balaban J connectivity index is 2.45. The molecule has 0 aliphatic rings. The van der Waals surface area contributed by atoms with Gasteiger partial charge in [0, 0.05) is 18.5 Å². The van der Waals surface area contributed by atoms with Crippen molar-refractivity contribution in [3.63, 3.8) is 0 Å². The molecule has 0 spiro atoms. The molecule has 0 bridgehead atoms. The maximum absolute atomic E-state index is 13.9. The maximum atomic E-state index is 13.9. The molecule has 102 valence electrons. The highest BCUT2D eigenvalue weighted by molar-refractivity contribution is 7.90. The van der Waals surface area contributed by atoms with Crippen LogP contribution in [-0.2, 0) is 9.84 Å². The molecule has 1 heterocycles. The van der Waals surface area contributed by atoms with E-state index in [0.29, 0.717) is 5.56 Å². The molecule has 0 aliphatic heterocycles. The third kappa shape index (κ3) is 2.82. The monoisotopic (exact) mass is 283 g/mol. The second-order valence-electron chi connectivity index (χ2n) is 4.39. The quantitative estimate of drug-likeness (QED) is 0.924. The summed E-state index contributed by atoms with van der Waals surface area (Å²) in [6.45, 7) is 1.75. The zero-order chi connectivity index (χ0) is 14.2. The van der Waals surface area contributed by atoms with E-state index in [1.807, 2.05) is 0 Å². The summed E-state index contributed by atoms with van der Waals surface area (Å²) in [5.41, 5.74) is 6.51. The van der Waals surface area contributed by atoms with Gasteiger partial charge in [0.25, 0.3) is 0 Å². The van der Waals surface area contributed by atoms with Crippen LogP contribution in [0.4, 0.5) is 4.39 Å². The largest absolute Gasteiger partial charge is 0.324 e. The number of hydrogen-bond acceptors (Lipinski definition) is 4. The normalized spacial score (nSPS) is 13.5. The van der Waals surface area contributed by atoms with Crippen molar-refractivity contribution in [3.8, 4) is 5.69 Å². The van der Waals surface area contributed by atoms with Gasteiger partial charge in [0.05, 0.1) is 6.20 Å². The number of halogens is 1. The molecule has 0 saturated heterocycles. The molecule has 5 nitrogen and oxygen atoms in total. The van der Waals surface area contributed by atoms with Crippen LogP contribution in [0.25, 0.3) is 5.69 Å². The van der Waals surface area contributed by atoms with Gasteiger partial charge in [0.15, 0.2) is 9.84 Å². The average Bonchev–Trinajstić information content (AvgIpc) is 2.77. The fourth-order valence-corrected chi connectivity index (χ4v) is 2.15. The zero-order valence-electron chi connectivity index (χ0n) is 10.5. The maximum Gasteiger partial charge on any atom is 0.178 e. The van der Waals surface area contributed by atoms with Crippen molar-refractivity contribution < 1.29 is 12.8 Å². The van der Waals surface area contributed by atoms with Crippen LogP contribution in [0.2, 0.25) is 0 Å². The Kier molecular flexibility index (Phi) is 3.42. The van der Waals surface area contributed by atoms with E-state index >= 15 is 0 Å². The Morgan fingerprint density at radius 3 is 2.58 bits per heavy atom. The highest BCUT2D eigenvalue weighted by Crippen LogP contribution is 2.19. The molecule has 0 saturated carbocycles. The van der Waals surface area contributed by atoms with Crippen LogP contribution in [0.5, 0.6) is 0 Å². The third-order valence-corrected chi connectivity index (χ3v) is 3.80. The van der Waals surface area contributed by atoms with Gasteiger partial charge < -0.3 is 5.73 Å². The molecule has 1 aromatic heterocycles. The predicted octanol–water partition coefficient (Wildman–Crippen LogP) is 1.43. The molecule has 2 rings (SSSR count). The third-order valence-electron chi connectivity index (χ3n) is 2.73. The number of aromatic nitrogens is 2. The second kappa shape index (κ2) is 4.75. The zero-order valence-corrected chi connectivity index (χ0v) is 11.4. The number of hydrogen-bond donors (Lipinski definition) is 1. The minimum atomic E-state index is -3.35. The standard InChI is InChI=1S/C12H14FN3O2S/c1-8(14)9-3-4-12(11(13)5-9)16-7-10(6-15-16)19(2,17)18/h3-8H,14H2,1-2H3/t8-/m1/s1. The number of benzene rings is 1. The van der Waals surface area contributed by atoms with Crippen molar-refractivity contribution in [1.29, 1.82) is 0 Å². The molecule has 0 unspecified atom stereocenters. The molecular weight excluding hydrogens is 269 g/mol.